The minimum absolute atomic E-state index is 0.166. The molecule has 2 heteroatoms. The van der Waals surface area contributed by atoms with Crippen molar-refractivity contribution >= 4 is 0 Å². The highest BCUT2D eigenvalue weighted by molar-refractivity contribution is 4.93. The van der Waals surface area contributed by atoms with Crippen LogP contribution in [0.25, 0.3) is 0 Å². The third-order valence-corrected chi connectivity index (χ3v) is 2.93. The molecule has 0 aliphatic carbocycles. The summed E-state index contributed by atoms with van der Waals surface area (Å²) < 4.78 is 5.96. The van der Waals surface area contributed by atoms with Crippen molar-refractivity contribution in [1.82, 2.24) is 5.32 Å². The Morgan fingerprint density at radius 2 is 1.85 bits per heavy atom. The van der Waals surface area contributed by atoms with E-state index in [2.05, 4.69) is 46.9 Å². The summed E-state index contributed by atoms with van der Waals surface area (Å²) in [6.07, 6.45) is 1.43. The van der Waals surface area contributed by atoms with Crippen LogP contribution in [-0.2, 0) is 4.74 Å². The number of rotatable bonds is 1. The van der Waals surface area contributed by atoms with Crippen molar-refractivity contribution in [2.75, 3.05) is 0 Å². The third kappa shape index (κ3) is 2.44. The van der Waals surface area contributed by atoms with Crippen molar-refractivity contribution in [1.29, 1.82) is 0 Å². The van der Waals surface area contributed by atoms with Crippen LogP contribution in [0.5, 0.6) is 0 Å². The van der Waals surface area contributed by atoms with Crippen molar-refractivity contribution in [3.8, 4) is 0 Å². The fraction of sp³-hybridized carbons (Fsp3) is 1.00. The van der Waals surface area contributed by atoms with Gasteiger partial charge in [0.15, 0.2) is 0 Å². The Morgan fingerprint density at radius 1 is 1.31 bits per heavy atom. The lowest BCUT2D eigenvalue weighted by molar-refractivity contribution is -0.176. The molecule has 1 aliphatic heterocycles. The summed E-state index contributed by atoms with van der Waals surface area (Å²) in [5.74, 6) is 0.495. The normalized spacial score (nSPS) is 39.5. The van der Waals surface area contributed by atoms with Crippen LogP contribution in [0.2, 0.25) is 0 Å². The number of nitrogens with one attached hydrogen (secondary N) is 1. The van der Waals surface area contributed by atoms with Gasteiger partial charge in [-0.05, 0) is 40.0 Å². The van der Waals surface area contributed by atoms with E-state index in [0.717, 1.165) is 6.42 Å². The Labute approximate surface area is 82.0 Å². The monoisotopic (exact) mass is 185 g/mol. The van der Waals surface area contributed by atoms with Gasteiger partial charge in [0.25, 0.3) is 0 Å². The first-order valence-corrected chi connectivity index (χ1v) is 5.22. The van der Waals surface area contributed by atoms with Crippen LogP contribution >= 0.6 is 0 Å². The van der Waals surface area contributed by atoms with Gasteiger partial charge in [0.05, 0.1) is 6.10 Å². The molecule has 0 spiro atoms. The minimum Gasteiger partial charge on any atom is -0.358 e. The maximum absolute atomic E-state index is 5.96. The molecule has 13 heavy (non-hydrogen) atoms. The third-order valence-electron chi connectivity index (χ3n) is 2.93. The fourth-order valence-corrected chi connectivity index (χ4v) is 2.21. The SMILES string of the molecule is CC1CC(C)(C)NC(C)(C(C)C)O1. The molecule has 2 unspecified atom stereocenters. The predicted octanol–water partition coefficient (Wildman–Crippen LogP) is 2.54. The summed E-state index contributed by atoms with van der Waals surface area (Å²) in [6, 6.07) is 0. The Morgan fingerprint density at radius 3 is 2.23 bits per heavy atom. The van der Waals surface area contributed by atoms with E-state index < -0.39 is 0 Å². The Hall–Kier alpha value is -0.0800. The van der Waals surface area contributed by atoms with Gasteiger partial charge in [-0.3, -0.25) is 5.32 Å². The van der Waals surface area contributed by atoms with E-state index in [1.807, 2.05) is 0 Å². The summed E-state index contributed by atoms with van der Waals surface area (Å²) in [5.41, 5.74) is 0.0256. The van der Waals surface area contributed by atoms with E-state index in [0.29, 0.717) is 12.0 Å². The van der Waals surface area contributed by atoms with Crippen LogP contribution in [0, 0.1) is 5.92 Å². The van der Waals surface area contributed by atoms with E-state index >= 15 is 0 Å². The average molecular weight is 185 g/mol. The second-order valence-corrected chi connectivity index (χ2v) is 5.40. The summed E-state index contributed by atoms with van der Waals surface area (Å²) in [6.45, 7) is 13.2. The summed E-state index contributed by atoms with van der Waals surface area (Å²) in [4.78, 5) is 0. The number of hydrogen-bond acceptors (Lipinski definition) is 2. The standard InChI is InChI=1S/C11H23NO/c1-8(2)11(6)12-10(4,5)7-9(3)13-11/h8-9,12H,7H2,1-6H3. The van der Waals surface area contributed by atoms with Gasteiger partial charge in [-0.1, -0.05) is 13.8 Å². The molecule has 1 rings (SSSR count). The van der Waals surface area contributed by atoms with Crippen LogP contribution < -0.4 is 5.32 Å². The molecule has 2 atom stereocenters. The zero-order valence-electron chi connectivity index (χ0n) is 9.77. The maximum Gasteiger partial charge on any atom is 0.119 e. The zero-order chi connectivity index (χ0) is 10.3. The van der Waals surface area contributed by atoms with Gasteiger partial charge < -0.3 is 4.74 Å². The van der Waals surface area contributed by atoms with Gasteiger partial charge in [0.1, 0.15) is 5.72 Å². The van der Waals surface area contributed by atoms with Crippen molar-refractivity contribution in [2.24, 2.45) is 5.92 Å². The maximum atomic E-state index is 5.96. The topological polar surface area (TPSA) is 21.3 Å². The van der Waals surface area contributed by atoms with Crippen LogP contribution in [0.1, 0.15) is 48.0 Å². The minimum atomic E-state index is -0.166. The van der Waals surface area contributed by atoms with E-state index in [1.165, 1.54) is 0 Å². The van der Waals surface area contributed by atoms with Gasteiger partial charge in [-0.2, -0.15) is 0 Å². The van der Waals surface area contributed by atoms with Crippen molar-refractivity contribution in [3.05, 3.63) is 0 Å². The lowest BCUT2D eigenvalue weighted by atomic mass is 9.88. The highest BCUT2D eigenvalue weighted by atomic mass is 16.5. The summed E-state index contributed by atoms with van der Waals surface area (Å²) in [7, 11) is 0. The Balaban J connectivity index is 2.78. The first kappa shape index (κ1) is 11.0. The highest BCUT2D eigenvalue weighted by Gasteiger charge is 2.41. The number of ether oxygens (including phenoxy) is 1. The molecular formula is C11H23NO. The summed E-state index contributed by atoms with van der Waals surface area (Å²) >= 11 is 0. The van der Waals surface area contributed by atoms with E-state index in [1.54, 1.807) is 0 Å². The molecule has 78 valence electrons. The van der Waals surface area contributed by atoms with Crippen molar-refractivity contribution < 1.29 is 4.74 Å². The van der Waals surface area contributed by atoms with E-state index in [4.69, 9.17) is 4.74 Å². The van der Waals surface area contributed by atoms with Gasteiger partial charge in [0.2, 0.25) is 0 Å². The fourth-order valence-electron chi connectivity index (χ4n) is 2.21. The quantitative estimate of drug-likeness (QED) is 0.678. The van der Waals surface area contributed by atoms with Gasteiger partial charge in [-0.25, -0.2) is 0 Å². The predicted molar refractivity (Wildman–Crippen MR) is 55.6 cm³/mol. The first-order chi connectivity index (χ1) is 5.75. The molecular weight excluding hydrogens is 162 g/mol. The van der Waals surface area contributed by atoms with Crippen LogP contribution in [-0.4, -0.2) is 17.4 Å². The molecule has 0 amide bonds. The van der Waals surface area contributed by atoms with Gasteiger partial charge in [-0.15, -0.1) is 0 Å². The lowest BCUT2D eigenvalue weighted by Gasteiger charge is -2.49. The second-order valence-electron chi connectivity index (χ2n) is 5.40. The molecule has 1 fully saturated rings. The molecule has 0 saturated carbocycles. The highest BCUT2D eigenvalue weighted by Crippen LogP contribution is 2.31. The van der Waals surface area contributed by atoms with E-state index in [9.17, 15) is 0 Å². The largest absolute Gasteiger partial charge is 0.358 e. The second kappa shape index (κ2) is 3.25. The molecule has 0 radical (unpaired) electrons. The van der Waals surface area contributed by atoms with Crippen LogP contribution in [0.4, 0.5) is 0 Å². The zero-order valence-corrected chi connectivity index (χ0v) is 9.77. The molecule has 1 saturated heterocycles. The van der Waals surface area contributed by atoms with Crippen molar-refractivity contribution in [2.45, 2.75) is 65.3 Å². The molecule has 1 aliphatic rings. The smallest absolute Gasteiger partial charge is 0.119 e. The Kier molecular flexibility index (Phi) is 2.75. The van der Waals surface area contributed by atoms with Gasteiger partial charge in [0, 0.05) is 5.54 Å². The first-order valence-electron chi connectivity index (χ1n) is 5.22. The van der Waals surface area contributed by atoms with Crippen LogP contribution in [0.15, 0.2) is 0 Å². The molecule has 1 heterocycles. The van der Waals surface area contributed by atoms with Gasteiger partial charge >= 0.3 is 0 Å². The van der Waals surface area contributed by atoms with E-state index in [-0.39, 0.29) is 11.3 Å². The molecule has 0 aromatic heterocycles. The Bertz CT molecular complexity index is 189. The number of hydrogen-bond donors (Lipinski definition) is 1. The molecule has 0 aromatic rings. The summed E-state index contributed by atoms with van der Waals surface area (Å²) in [5, 5.41) is 3.58. The van der Waals surface area contributed by atoms with Crippen molar-refractivity contribution in [3.63, 3.8) is 0 Å². The molecule has 2 nitrogen and oxygen atoms in total. The average Bonchev–Trinajstić information content (AvgIpc) is 1.79. The molecule has 0 aromatic carbocycles. The molecule has 0 bridgehead atoms. The van der Waals surface area contributed by atoms with Crippen LogP contribution in [0.3, 0.4) is 0 Å². The lowest BCUT2D eigenvalue weighted by Crippen LogP contribution is -2.64. The molecule has 1 N–H and O–H groups in total.